The fourth-order valence-electron chi connectivity index (χ4n) is 2.84. The van der Waals surface area contributed by atoms with Crippen molar-refractivity contribution in [3.05, 3.63) is 23.8 Å². The Kier molecular flexibility index (Phi) is 3.90. The number of hydrogen-bond acceptors (Lipinski definition) is 4. The van der Waals surface area contributed by atoms with Crippen molar-refractivity contribution in [3.63, 3.8) is 0 Å². The SMILES string of the molecule is NC(c1ccc2c(c1)NC(=O)CC(=O)N2)C1CCCOC1. The molecule has 0 aliphatic carbocycles. The van der Waals surface area contributed by atoms with Crippen molar-refractivity contribution < 1.29 is 14.3 Å². The molecule has 3 rings (SSSR count). The normalized spacial score (nSPS) is 23.6. The maximum absolute atomic E-state index is 11.6. The molecule has 2 atom stereocenters. The molecule has 2 aliphatic heterocycles. The molecule has 0 spiro atoms. The molecule has 6 nitrogen and oxygen atoms in total. The van der Waals surface area contributed by atoms with Gasteiger partial charge in [-0.15, -0.1) is 0 Å². The van der Waals surface area contributed by atoms with Crippen LogP contribution < -0.4 is 16.4 Å². The third kappa shape index (κ3) is 3.06. The second kappa shape index (κ2) is 5.83. The van der Waals surface area contributed by atoms with Crippen molar-refractivity contribution in [1.29, 1.82) is 0 Å². The summed E-state index contributed by atoms with van der Waals surface area (Å²) in [5.74, 6) is -0.324. The fraction of sp³-hybridized carbons (Fsp3) is 0.467. The van der Waals surface area contributed by atoms with E-state index in [2.05, 4.69) is 10.6 Å². The first-order valence-electron chi connectivity index (χ1n) is 7.20. The largest absolute Gasteiger partial charge is 0.381 e. The van der Waals surface area contributed by atoms with Gasteiger partial charge >= 0.3 is 0 Å². The van der Waals surface area contributed by atoms with Crippen LogP contribution in [0.1, 0.15) is 30.9 Å². The Labute approximate surface area is 123 Å². The van der Waals surface area contributed by atoms with E-state index in [0.717, 1.165) is 25.0 Å². The molecule has 21 heavy (non-hydrogen) atoms. The lowest BCUT2D eigenvalue weighted by atomic mass is 9.89. The van der Waals surface area contributed by atoms with Gasteiger partial charge in [-0.3, -0.25) is 9.59 Å². The summed E-state index contributed by atoms with van der Waals surface area (Å²) in [6, 6.07) is 5.40. The number of rotatable bonds is 2. The quantitative estimate of drug-likeness (QED) is 0.717. The van der Waals surface area contributed by atoms with E-state index in [-0.39, 0.29) is 30.2 Å². The minimum atomic E-state index is -0.307. The second-order valence-corrected chi connectivity index (χ2v) is 5.58. The molecule has 0 bridgehead atoms. The van der Waals surface area contributed by atoms with Crippen LogP contribution in [0.2, 0.25) is 0 Å². The zero-order valence-electron chi connectivity index (χ0n) is 11.7. The Morgan fingerprint density at radius 2 is 1.95 bits per heavy atom. The van der Waals surface area contributed by atoms with Crippen molar-refractivity contribution in [2.45, 2.75) is 25.3 Å². The summed E-state index contributed by atoms with van der Waals surface area (Å²) in [6.07, 6.45) is 1.91. The van der Waals surface area contributed by atoms with E-state index < -0.39 is 0 Å². The number of nitrogens with two attached hydrogens (primary N) is 1. The maximum Gasteiger partial charge on any atom is 0.233 e. The van der Waals surface area contributed by atoms with Gasteiger partial charge in [0.05, 0.1) is 18.0 Å². The number of ether oxygens (including phenoxy) is 1. The lowest BCUT2D eigenvalue weighted by Gasteiger charge is -2.28. The molecular weight excluding hydrogens is 270 g/mol. The van der Waals surface area contributed by atoms with Crippen molar-refractivity contribution in [3.8, 4) is 0 Å². The van der Waals surface area contributed by atoms with Gasteiger partial charge in [0.15, 0.2) is 0 Å². The highest BCUT2D eigenvalue weighted by Gasteiger charge is 2.24. The summed E-state index contributed by atoms with van der Waals surface area (Å²) in [5, 5.41) is 5.45. The molecule has 2 heterocycles. The molecular formula is C15H19N3O3. The molecule has 1 saturated heterocycles. The predicted octanol–water partition coefficient (Wildman–Crippen LogP) is 1.39. The van der Waals surface area contributed by atoms with Crippen LogP contribution in [0.25, 0.3) is 0 Å². The van der Waals surface area contributed by atoms with Gasteiger partial charge in [0, 0.05) is 18.6 Å². The van der Waals surface area contributed by atoms with Crippen LogP contribution >= 0.6 is 0 Å². The summed E-state index contributed by atoms with van der Waals surface area (Å²) >= 11 is 0. The zero-order chi connectivity index (χ0) is 14.8. The van der Waals surface area contributed by atoms with E-state index in [4.69, 9.17) is 10.5 Å². The van der Waals surface area contributed by atoms with E-state index in [1.54, 1.807) is 6.07 Å². The van der Waals surface area contributed by atoms with E-state index in [0.29, 0.717) is 18.0 Å². The average molecular weight is 289 g/mol. The van der Waals surface area contributed by atoms with Crippen LogP contribution in [0.5, 0.6) is 0 Å². The van der Waals surface area contributed by atoms with Gasteiger partial charge in [-0.2, -0.15) is 0 Å². The minimum Gasteiger partial charge on any atom is -0.381 e. The predicted molar refractivity (Wildman–Crippen MR) is 78.8 cm³/mol. The van der Waals surface area contributed by atoms with Crippen molar-refractivity contribution in [2.24, 2.45) is 11.7 Å². The third-order valence-electron chi connectivity index (χ3n) is 4.00. The molecule has 1 aromatic rings. The Balaban J connectivity index is 1.84. The van der Waals surface area contributed by atoms with Crippen molar-refractivity contribution in [1.82, 2.24) is 0 Å². The summed E-state index contributed by atoms with van der Waals surface area (Å²) in [7, 11) is 0. The highest BCUT2D eigenvalue weighted by molar-refractivity contribution is 6.13. The van der Waals surface area contributed by atoms with Crippen LogP contribution in [-0.4, -0.2) is 25.0 Å². The van der Waals surface area contributed by atoms with Gasteiger partial charge in [-0.05, 0) is 30.5 Å². The summed E-state index contributed by atoms with van der Waals surface area (Å²) in [4.78, 5) is 23.1. The van der Waals surface area contributed by atoms with Crippen molar-refractivity contribution >= 4 is 23.2 Å². The number of carbonyl (C=O) groups is 2. The van der Waals surface area contributed by atoms with Gasteiger partial charge in [-0.1, -0.05) is 6.07 Å². The van der Waals surface area contributed by atoms with Gasteiger partial charge in [-0.25, -0.2) is 0 Å². The molecule has 6 heteroatoms. The zero-order valence-corrected chi connectivity index (χ0v) is 11.7. The molecule has 2 amide bonds. The Morgan fingerprint density at radius 3 is 2.67 bits per heavy atom. The average Bonchev–Trinajstić information content (AvgIpc) is 2.63. The van der Waals surface area contributed by atoms with Gasteiger partial charge in [0.25, 0.3) is 0 Å². The Hall–Kier alpha value is -1.92. The molecule has 1 fully saturated rings. The number of amides is 2. The standard InChI is InChI=1S/C15H19N3O3/c16-15(10-2-1-5-21-8-10)9-3-4-11-12(6-9)18-14(20)7-13(19)17-11/h3-4,6,10,15H,1-2,5,7-8,16H2,(H,17,19)(H,18,20). The van der Waals surface area contributed by atoms with E-state index in [1.807, 2.05) is 12.1 Å². The van der Waals surface area contributed by atoms with Crippen molar-refractivity contribution in [2.75, 3.05) is 23.8 Å². The summed E-state index contributed by atoms with van der Waals surface area (Å²) in [5.41, 5.74) is 8.49. The molecule has 112 valence electrons. The van der Waals surface area contributed by atoms with Gasteiger partial charge < -0.3 is 21.1 Å². The topological polar surface area (TPSA) is 93.5 Å². The number of fused-ring (bicyclic) bond motifs is 1. The fourth-order valence-corrected chi connectivity index (χ4v) is 2.84. The van der Waals surface area contributed by atoms with Crippen LogP contribution in [0.15, 0.2) is 18.2 Å². The number of hydrogen-bond donors (Lipinski definition) is 3. The van der Waals surface area contributed by atoms with Crippen LogP contribution in [0.3, 0.4) is 0 Å². The van der Waals surface area contributed by atoms with Gasteiger partial charge in [0.1, 0.15) is 6.42 Å². The van der Waals surface area contributed by atoms with E-state index >= 15 is 0 Å². The molecule has 0 radical (unpaired) electrons. The van der Waals surface area contributed by atoms with Crippen LogP contribution in [-0.2, 0) is 14.3 Å². The highest BCUT2D eigenvalue weighted by atomic mass is 16.5. The first-order chi connectivity index (χ1) is 10.1. The number of anilines is 2. The Morgan fingerprint density at radius 1 is 1.19 bits per heavy atom. The first-order valence-corrected chi connectivity index (χ1v) is 7.20. The molecule has 0 aromatic heterocycles. The third-order valence-corrected chi connectivity index (χ3v) is 4.00. The van der Waals surface area contributed by atoms with E-state index in [1.165, 1.54) is 0 Å². The first kappa shape index (κ1) is 14.0. The highest BCUT2D eigenvalue weighted by Crippen LogP contribution is 2.32. The smallest absolute Gasteiger partial charge is 0.233 e. The lowest BCUT2D eigenvalue weighted by molar-refractivity contribution is -0.123. The molecule has 2 aliphatic rings. The number of nitrogens with one attached hydrogen (secondary N) is 2. The molecule has 1 aromatic carbocycles. The number of benzene rings is 1. The number of carbonyl (C=O) groups excluding carboxylic acids is 2. The molecule has 4 N–H and O–H groups in total. The lowest BCUT2D eigenvalue weighted by Crippen LogP contribution is -2.29. The van der Waals surface area contributed by atoms with Crippen LogP contribution in [0.4, 0.5) is 11.4 Å². The minimum absolute atomic E-state index is 0.133. The van der Waals surface area contributed by atoms with Crippen LogP contribution in [0, 0.1) is 5.92 Å². The Bertz CT molecular complexity index is 567. The summed E-state index contributed by atoms with van der Waals surface area (Å²) in [6.45, 7) is 1.47. The summed E-state index contributed by atoms with van der Waals surface area (Å²) < 4.78 is 5.48. The van der Waals surface area contributed by atoms with Gasteiger partial charge in [0.2, 0.25) is 11.8 Å². The monoisotopic (exact) mass is 289 g/mol. The second-order valence-electron chi connectivity index (χ2n) is 5.58. The van der Waals surface area contributed by atoms with E-state index in [9.17, 15) is 9.59 Å². The maximum atomic E-state index is 11.6. The molecule has 0 saturated carbocycles. The molecule has 2 unspecified atom stereocenters.